The van der Waals surface area contributed by atoms with Crippen LogP contribution in [0.25, 0.3) is 0 Å². The van der Waals surface area contributed by atoms with Crippen molar-refractivity contribution in [1.29, 1.82) is 0 Å². The van der Waals surface area contributed by atoms with Gasteiger partial charge in [0.1, 0.15) is 11.6 Å². The van der Waals surface area contributed by atoms with Crippen LogP contribution in [-0.4, -0.2) is 11.6 Å². The largest absolute Gasteiger partial charge is 0.300 e. The van der Waals surface area contributed by atoms with E-state index in [9.17, 15) is 9.59 Å². The van der Waals surface area contributed by atoms with E-state index in [1.165, 1.54) is 44.9 Å². The first kappa shape index (κ1) is 21.6. The molecule has 8 atom stereocenters. The van der Waals surface area contributed by atoms with Gasteiger partial charge in [0.05, 0.1) is 0 Å². The zero-order chi connectivity index (χ0) is 21.0. The Bertz CT molecular complexity index is 651. The molecule has 29 heavy (non-hydrogen) atoms. The van der Waals surface area contributed by atoms with Crippen LogP contribution in [0.3, 0.4) is 0 Å². The maximum absolute atomic E-state index is 13.2. The van der Waals surface area contributed by atoms with Crippen LogP contribution in [0.4, 0.5) is 0 Å². The SMILES string of the molecule is CC(C)CCC[C@H](C)[C@@H]1CC[C@@H]2[C@H]3CC(=O)[C@H]4CC(=O)CC[C@]4(C)[C@@H]3CC[C@]21C. The third-order valence-corrected chi connectivity index (χ3v) is 10.5. The fourth-order valence-corrected chi connectivity index (χ4v) is 8.86. The highest BCUT2D eigenvalue weighted by Gasteiger charge is 2.62. The Morgan fingerprint density at radius 3 is 2.34 bits per heavy atom. The van der Waals surface area contributed by atoms with Crippen molar-refractivity contribution in [3.05, 3.63) is 0 Å². The zero-order valence-electron chi connectivity index (χ0n) is 19.6. The van der Waals surface area contributed by atoms with Crippen molar-refractivity contribution in [2.24, 2.45) is 52.3 Å². The molecule has 4 aliphatic rings. The quantitative estimate of drug-likeness (QED) is 0.505. The summed E-state index contributed by atoms with van der Waals surface area (Å²) in [6.45, 7) is 12.2. The fourth-order valence-electron chi connectivity index (χ4n) is 8.86. The van der Waals surface area contributed by atoms with Crippen LogP contribution in [0.15, 0.2) is 0 Å². The van der Waals surface area contributed by atoms with Crippen LogP contribution < -0.4 is 0 Å². The monoisotopic (exact) mass is 400 g/mol. The van der Waals surface area contributed by atoms with E-state index in [0.29, 0.717) is 41.7 Å². The molecule has 0 saturated heterocycles. The third kappa shape index (κ3) is 3.55. The molecule has 0 radical (unpaired) electrons. The van der Waals surface area contributed by atoms with Gasteiger partial charge in [0.25, 0.3) is 0 Å². The van der Waals surface area contributed by atoms with E-state index in [1.807, 2.05) is 0 Å². The Balaban J connectivity index is 1.51. The molecule has 4 saturated carbocycles. The number of hydrogen-bond donors (Lipinski definition) is 0. The van der Waals surface area contributed by atoms with E-state index in [0.717, 1.165) is 36.5 Å². The van der Waals surface area contributed by atoms with E-state index in [-0.39, 0.29) is 11.3 Å². The Labute approximate surface area is 179 Å². The molecule has 0 N–H and O–H groups in total. The summed E-state index contributed by atoms with van der Waals surface area (Å²) < 4.78 is 0. The fraction of sp³-hybridized carbons (Fsp3) is 0.926. The average molecular weight is 401 g/mol. The summed E-state index contributed by atoms with van der Waals surface area (Å²) in [5.74, 6) is 5.25. The van der Waals surface area contributed by atoms with Gasteiger partial charge in [-0.2, -0.15) is 0 Å². The first-order valence-corrected chi connectivity index (χ1v) is 12.7. The summed E-state index contributed by atoms with van der Waals surface area (Å²) in [7, 11) is 0. The van der Waals surface area contributed by atoms with Crippen molar-refractivity contribution < 1.29 is 9.59 Å². The summed E-state index contributed by atoms with van der Waals surface area (Å²) in [4.78, 5) is 25.3. The lowest BCUT2D eigenvalue weighted by Gasteiger charge is -2.59. The van der Waals surface area contributed by atoms with Gasteiger partial charge in [-0.25, -0.2) is 0 Å². The normalized spacial score (nSPS) is 45.7. The number of hydrogen-bond acceptors (Lipinski definition) is 2. The van der Waals surface area contributed by atoms with Crippen LogP contribution in [0, 0.1) is 52.3 Å². The van der Waals surface area contributed by atoms with E-state index in [4.69, 9.17) is 0 Å². The second-order valence-electron chi connectivity index (χ2n) is 12.4. The highest BCUT2D eigenvalue weighted by molar-refractivity contribution is 5.90. The molecular weight excluding hydrogens is 356 g/mol. The summed E-state index contributed by atoms with van der Waals surface area (Å²) in [5, 5.41) is 0. The second kappa shape index (κ2) is 7.79. The minimum absolute atomic E-state index is 0.0292. The van der Waals surface area contributed by atoms with Gasteiger partial charge >= 0.3 is 0 Å². The molecule has 0 bridgehead atoms. The number of rotatable bonds is 5. The van der Waals surface area contributed by atoms with Gasteiger partial charge < -0.3 is 0 Å². The average Bonchev–Trinajstić information content (AvgIpc) is 3.00. The summed E-state index contributed by atoms with van der Waals surface area (Å²) in [6.07, 6.45) is 12.4. The first-order chi connectivity index (χ1) is 13.7. The molecule has 0 aromatic rings. The standard InChI is InChI=1S/C27H44O2/c1-17(2)7-6-8-18(3)21-9-10-22-20-16-25(29)24-15-19(28)11-13-27(24,5)23(20)12-14-26(21,22)4/h17-18,20-24H,6-16H2,1-5H3/t18-,20+,21-,22+,23+,24+,26-,27+/m0/s1. The van der Waals surface area contributed by atoms with Crippen molar-refractivity contribution in [2.75, 3.05) is 0 Å². The Morgan fingerprint density at radius 2 is 1.62 bits per heavy atom. The van der Waals surface area contributed by atoms with E-state index < -0.39 is 0 Å². The van der Waals surface area contributed by atoms with Crippen molar-refractivity contribution in [2.45, 2.75) is 105 Å². The van der Waals surface area contributed by atoms with Crippen molar-refractivity contribution in [3.8, 4) is 0 Å². The highest BCUT2D eigenvalue weighted by atomic mass is 16.1. The lowest BCUT2D eigenvalue weighted by atomic mass is 9.44. The van der Waals surface area contributed by atoms with Gasteiger partial charge in [-0.3, -0.25) is 9.59 Å². The van der Waals surface area contributed by atoms with Gasteiger partial charge in [-0.15, -0.1) is 0 Å². The van der Waals surface area contributed by atoms with Crippen LogP contribution in [0.2, 0.25) is 0 Å². The van der Waals surface area contributed by atoms with E-state index >= 15 is 0 Å². The molecule has 2 nitrogen and oxygen atoms in total. The number of carbonyl (C=O) groups is 2. The number of fused-ring (bicyclic) bond motifs is 5. The summed E-state index contributed by atoms with van der Waals surface area (Å²) >= 11 is 0. The molecule has 0 unspecified atom stereocenters. The minimum Gasteiger partial charge on any atom is -0.300 e. The van der Waals surface area contributed by atoms with Crippen molar-refractivity contribution in [1.82, 2.24) is 0 Å². The molecule has 0 spiro atoms. The second-order valence-corrected chi connectivity index (χ2v) is 12.4. The molecular formula is C27H44O2. The molecule has 0 aliphatic heterocycles. The van der Waals surface area contributed by atoms with Crippen molar-refractivity contribution in [3.63, 3.8) is 0 Å². The van der Waals surface area contributed by atoms with E-state index in [2.05, 4.69) is 34.6 Å². The van der Waals surface area contributed by atoms with Gasteiger partial charge in [0, 0.05) is 25.2 Å². The highest BCUT2D eigenvalue weighted by Crippen LogP contribution is 2.67. The predicted molar refractivity (Wildman–Crippen MR) is 118 cm³/mol. The van der Waals surface area contributed by atoms with Gasteiger partial charge in [-0.05, 0) is 78.4 Å². The molecule has 4 rings (SSSR count). The van der Waals surface area contributed by atoms with Crippen LogP contribution in [-0.2, 0) is 9.59 Å². The van der Waals surface area contributed by atoms with Crippen LogP contribution >= 0.6 is 0 Å². The van der Waals surface area contributed by atoms with Crippen LogP contribution in [0.5, 0.6) is 0 Å². The Kier molecular flexibility index (Phi) is 5.79. The zero-order valence-corrected chi connectivity index (χ0v) is 19.6. The minimum atomic E-state index is 0.0292. The summed E-state index contributed by atoms with van der Waals surface area (Å²) in [6, 6.07) is 0. The van der Waals surface area contributed by atoms with Gasteiger partial charge in [0.15, 0.2) is 0 Å². The van der Waals surface area contributed by atoms with Gasteiger partial charge in [0.2, 0.25) is 0 Å². The lowest BCUT2D eigenvalue weighted by molar-refractivity contribution is -0.159. The number of Topliss-reactive ketones (excluding diaryl/α,β-unsaturated/α-hetero) is 2. The summed E-state index contributed by atoms with van der Waals surface area (Å²) in [5.41, 5.74) is 0.530. The lowest BCUT2D eigenvalue weighted by Crippen LogP contribution is -2.56. The maximum atomic E-state index is 13.2. The Morgan fingerprint density at radius 1 is 0.897 bits per heavy atom. The van der Waals surface area contributed by atoms with Gasteiger partial charge in [-0.1, -0.05) is 53.9 Å². The molecule has 2 heteroatoms. The Hall–Kier alpha value is -0.660. The molecule has 0 heterocycles. The van der Waals surface area contributed by atoms with Crippen molar-refractivity contribution >= 4 is 11.6 Å². The molecule has 0 aromatic heterocycles. The molecule has 164 valence electrons. The molecule has 0 amide bonds. The number of ketones is 2. The predicted octanol–water partition coefficient (Wildman–Crippen LogP) is 6.86. The maximum Gasteiger partial charge on any atom is 0.137 e. The molecule has 0 aromatic carbocycles. The first-order valence-electron chi connectivity index (χ1n) is 12.7. The molecule has 4 aliphatic carbocycles. The smallest absolute Gasteiger partial charge is 0.137 e. The molecule has 4 fully saturated rings. The topological polar surface area (TPSA) is 34.1 Å². The van der Waals surface area contributed by atoms with E-state index in [1.54, 1.807) is 0 Å². The number of carbonyl (C=O) groups excluding carboxylic acids is 2. The third-order valence-electron chi connectivity index (χ3n) is 10.5. The van der Waals surface area contributed by atoms with Crippen LogP contribution in [0.1, 0.15) is 105 Å².